The summed E-state index contributed by atoms with van der Waals surface area (Å²) < 4.78 is 33.0. The van der Waals surface area contributed by atoms with Crippen molar-refractivity contribution >= 4 is 35.6 Å². The lowest BCUT2D eigenvalue weighted by atomic mass is 10.2. The summed E-state index contributed by atoms with van der Waals surface area (Å²) in [7, 11) is 1.69. The highest BCUT2D eigenvalue weighted by Gasteiger charge is 2.27. The molecule has 1 fully saturated rings. The molecule has 0 radical (unpaired) electrons. The molecule has 0 saturated carbocycles. The van der Waals surface area contributed by atoms with Crippen LogP contribution >= 0.6 is 24.0 Å². The van der Waals surface area contributed by atoms with Gasteiger partial charge in [0.15, 0.2) is 5.96 Å². The summed E-state index contributed by atoms with van der Waals surface area (Å²) in [4.78, 5) is 5.89. The van der Waals surface area contributed by atoms with Crippen molar-refractivity contribution in [1.82, 2.24) is 10.6 Å². The first-order valence-corrected chi connectivity index (χ1v) is 7.89. The molecule has 5 nitrogen and oxygen atoms in total. The summed E-state index contributed by atoms with van der Waals surface area (Å²) in [5.41, 5.74) is 0.0519. The second-order valence-electron chi connectivity index (χ2n) is 5.34. The highest BCUT2D eigenvalue weighted by Crippen LogP contribution is 2.26. The maximum Gasteiger partial charge on any atom is 0.191 e. The fraction of sp³-hybridized carbons (Fsp3) is 0.562. The predicted molar refractivity (Wildman–Crippen MR) is 103 cm³/mol. The average molecular weight is 454 g/mol. The first-order chi connectivity index (χ1) is 11.2. The second kappa shape index (κ2) is 10.7. The van der Waals surface area contributed by atoms with Gasteiger partial charge in [-0.25, -0.2) is 8.78 Å². The molecule has 1 atom stereocenters. The number of hydrogen-bond donors (Lipinski definition) is 2. The molecule has 0 aromatic heterocycles. The van der Waals surface area contributed by atoms with Crippen molar-refractivity contribution in [2.75, 3.05) is 44.8 Å². The van der Waals surface area contributed by atoms with E-state index in [-0.39, 0.29) is 35.7 Å². The third-order valence-corrected chi connectivity index (χ3v) is 3.75. The van der Waals surface area contributed by atoms with Crippen LogP contribution in [0.2, 0.25) is 0 Å². The van der Waals surface area contributed by atoms with Gasteiger partial charge in [0.05, 0.1) is 6.61 Å². The maximum atomic E-state index is 13.8. The van der Waals surface area contributed by atoms with E-state index in [1.807, 2.05) is 6.92 Å². The van der Waals surface area contributed by atoms with Gasteiger partial charge < -0.3 is 20.3 Å². The van der Waals surface area contributed by atoms with Crippen molar-refractivity contribution in [2.24, 2.45) is 4.99 Å². The fourth-order valence-electron chi connectivity index (χ4n) is 2.65. The minimum absolute atomic E-state index is 0. The number of hydrogen-bond acceptors (Lipinski definition) is 3. The molecule has 1 aromatic rings. The summed E-state index contributed by atoms with van der Waals surface area (Å²) in [6.07, 6.45) is 0.792. The number of aliphatic imine (C=N–C) groups is 1. The van der Waals surface area contributed by atoms with E-state index in [0.717, 1.165) is 6.42 Å². The van der Waals surface area contributed by atoms with Gasteiger partial charge in [0.2, 0.25) is 0 Å². The molecular weight excluding hydrogens is 429 g/mol. The summed E-state index contributed by atoms with van der Waals surface area (Å²) in [5, 5.41) is 6.43. The van der Waals surface area contributed by atoms with Crippen LogP contribution in [-0.4, -0.2) is 51.9 Å². The molecule has 0 amide bonds. The molecule has 8 heteroatoms. The molecule has 1 unspecified atom stereocenters. The molecule has 1 aliphatic rings. The van der Waals surface area contributed by atoms with E-state index < -0.39 is 11.6 Å². The molecule has 1 aliphatic heterocycles. The Morgan fingerprint density at radius 2 is 2.08 bits per heavy atom. The van der Waals surface area contributed by atoms with E-state index in [1.54, 1.807) is 11.9 Å². The molecule has 2 N–H and O–H groups in total. The largest absolute Gasteiger partial charge is 0.380 e. The molecule has 1 heterocycles. The van der Waals surface area contributed by atoms with Crippen LogP contribution in [0.4, 0.5) is 14.5 Å². The van der Waals surface area contributed by atoms with E-state index in [2.05, 4.69) is 15.6 Å². The lowest BCUT2D eigenvalue weighted by Crippen LogP contribution is -2.45. The first kappa shape index (κ1) is 20.9. The summed E-state index contributed by atoms with van der Waals surface area (Å²) in [6, 6.07) is 4.04. The molecule has 0 aliphatic carbocycles. The Kier molecular flexibility index (Phi) is 9.27. The molecule has 1 aromatic carbocycles. The lowest BCUT2D eigenvalue weighted by molar-refractivity contribution is 0.152. The quantitative estimate of drug-likeness (QED) is 0.300. The summed E-state index contributed by atoms with van der Waals surface area (Å²) >= 11 is 0. The molecule has 0 bridgehead atoms. The van der Waals surface area contributed by atoms with Gasteiger partial charge in [-0.2, -0.15) is 0 Å². The predicted octanol–water partition coefficient (Wildman–Crippen LogP) is 2.36. The van der Waals surface area contributed by atoms with Gasteiger partial charge in [0, 0.05) is 39.3 Å². The number of guanidine groups is 1. The van der Waals surface area contributed by atoms with E-state index >= 15 is 0 Å². The zero-order valence-corrected chi connectivity index (χ0v) is 16.3. The Balaban J connectivity index is 0.00000288. The van der Waals surface area contributed by atoms with Gasteiger partial charge in [-0.15, -0.1) is 24.0 Å². The molecule has 2 rings (SSSR count). The summed E-state index contributed by atoms with van der Waals surface area (Å²) in [6.45, 7) is 5.03. The Morgan fingerprint density at radius 1 is 1.38 bits per heavy atom. The highest BCUT2D eigenvalue weighted by molar-refractivity contribution is 14.0. The zero-order valence-electron chi connectivity index (χ0n) is 14.0. The number of benzene rings is 1. The minimum atomic E-state index is -0.523. The number of rotatable bonds is 6. The minimum Gasteiger partial charge on any atom is -0.380 e. The molecule has 24 heavy (non-hydrogen) atoms. The van der Waals surface area contributed by atoms with E-state index in [9.17, 15) is 8.78 Å². The van der Waals surface area contributed by atoms with Crippen LogP contribution in [0.3, 0.4) is 0 Å². The van der Waals surface area contributed by atoms with Crippen LogP contribution in [-0.2, 0) is 4.74 Å². The van der Waals surface area contributed by atoms with Crippen molar-refractivity contribution in [3.8, 4) is 0 Å². The van der Waals surface area contributed by atoms with Crippen molar-refractivity contribution in [1.29, 1.82) is 0 Å². The third-order valence-electron chi connectivity index (χ3n) is 3.75. The normalized spacial score (nSPS) is 17.6. The van der Waals surface area contributed by atoms with Crippen LogP contribution in [0.25, 0.3) is 0 Å². The Morgan fingerprint density at radius 3 is 2.71 bits per heavy atom. The lowest BCUT2D eigenvalue weighted by Gasteiger charge is -2.21. The SMILES string of the molecule is CCOCCNC(=NC)NC1CCN(c2c(F)cccc2F)C1.I. The topological polar surface area (TPSA) is 48.9 Å². The van der Waals surface area contributed by atoms with Gasteiger partial charge in [0.1, 0.15) is 17.3 Å². The van der Waals surface area contributed by atoms with E-state index in [4.69, 9.17) is 4.74 Å². The van der Waals surface area contributed by atoms with Crippen LogP contribution in [0.5, 0.6) is 0 Å². The van der Waals surface area contributed by atoms with E-state index in [0.29, 0.717) is 38.8 Å². The van der Waals surface area contributed by atoms with Gasteiger partial charge in [0.25, 0.3) is 0 Å². The number of nitrogens with zero attached hydrogens (tertiary/aromatic N) is 2. The number of ether oxygens (including phenoxy) is 1. The molecule has 1 saturated heterocycles. The maximum absolute atomic E-state index is 13.8. The molecular formula is C16H25F2IN4O. The number of anilines is 1. The van der Waals surface area contributed by atoms with Crippen LogP contribution in [0, 0.1) is 11.6 Å². The number of halogens is 3. The second-order valence-corrected chi connectivity index (χ2v) is 5.34. The van der Waals surface area contributed by atoms with Crippen molar-refractivity contribution in [2.45, 2.75) is 19.4 Å². The van der Waals surface area contributed by atoms with Crippen molar-refractivity contribution in [3.05, 3.63) is 29.8 Å². The standard InChI is InChI=1S/C16H24F2N4O.HI/c1-3-23-10-8-20-16(19-2)21-12-7-9-22(11-12)15-13(17)5-4-6-14(15)18;/h4-6,12H,3,7-11H2,1-2H3,(H2,19,20,21);1H. The Bertz CT molecular complexity index is 525. The third kappa shape index (κ3) is 5.73. The average Bonchev–Trinajstić information content (AvgIpc) is 2.98. The van der Waals surface area contributed by atoms with Crippen LogP contribution in [0.1, 0.15) is 13.3 Å². The van der Waals surface area contributed by atoms with Gasteiger partial charge >= 0.3 is 0 Å². The Labute approximate surface area is 158 Å². The van der Waals surface area contributed by atoms with Gasteiger partial charge in [-0.3, -0.25) is 4.99 Å². The zero-order chi connectivity index (χ0) is 16.7. The first-order valence-electron chi connectivity index (χ1n) is 7.89. The summed E-state index contributed by atoms with van der Waals surface area (Å²) in [5.74, 6) is -0.375. The number of para-hydroxylation sites is 1. The van der Waals surface area contributed by atoms with Crippen LogP contribution in [0.15, 0.2) is 23.2 Å². The van der Waals surface area contributed by atoms with Gasteiger partial charge in [-0.05, 0) is 25.5 Å². The van der Waals surface area contributed by atoms with Crippen LogP contribution < -0.4 is 15.5 Å². The molecule has 136 valence electrons. The fourth-order valence-corrected chi connectivity index (χ4v) is 2.65. The number of nitrogens with one attached hydrogen (secondary N) is 2. The highest BCUT2D eigenvalue weighted by atomic mass is 127. The van der Waals surface area contributed by atoms with E-state index in [1.165, 1.54) is 18.2 Å². The van der Waals surface area contributed by atoms with Gasteiger partial charge in [-0.1, -0.05) is 6.07 Å². The smallest absolute Gasteiger partial charge is 0.191 e. The van der Waals surface area contributed by atoms with Crippen molar-refractivity contribution in [3.63, 3.8) is 0 Å². The monoisotopic (exact) mass is 454 g/mol. The molecule has 0 spiro atoms. The Hall–Kier alpha value is -1.16. The van der Waals surface area contributed by atoms with Crippen molar-refractivity contribution < 1.29 is 13.5 Å².